The molecular weight excluding hydrogens is 573 g/mol. The van der Waals surface area contributed by atoms with Gasteiger partial charge in [-0.25, -0.2) is 27.9 Å². The fourth-order valence-electron chi connectivity index (χ4n) is 5.39. The molecule has 2 aromatic heterocycles. The van der Waals surface area contributed by atoms with Crippen LogP contribution in [-0.4, -0.2) is 51.8 Å². The van der Waals surface area contributed by atoms with Gasteiger partial charge in [0, 0.05) is 30.3 Å². The predicted octanol–water partition coefficient (Wildman–Crippen LogP) is 5.52. The molecule has 6 rings (SSSR count). The number of esters is 1. The van der Waals surface area contributed by atoms with Crippen LogP contribution in [0.2, 0.25) is 5.02 Å². The minimum absolute atomic E-state index is 0.0303. The number of carbonyl (C=O) groups is 1. The van der Waals surface area contributed by atoms with E-state index in [-0.39, 0.29) is 40.3 Å². The van der Waals surface area contributed by atoms with Crippen molar-refractivity contribution < 1.29 is 32.2 Å². The van der Waals surface area contributed by atoms with Crippen molar-refractivity contribution >= 4 is 28.6 Å². The number of hydrogen-bond acceptors (Lipinski definition) is 7. The van der Waals surface area contributed by atoms with Gasteiger partial charge in [-0.15, -0.1) is 0 Å². The zero-order valence-electron chi connectivity index (χ0n) is 23.1. The second-order valence-electron chi connectivity index (χ2n) is 10.5. The van der Waals surface area contributed by atoms with Crippen LogP contribution >= 0.6 is 11.6 Å². The topological polar surface area (TPSA) is 78.7 Å². The van der Waals surface area contributed by atoms with Crippen LogP contribution in [0.4, 0.5) is 13.2 Å². The first kappa shape index (κ1) is 28.4. The maximum absolute atomic E-state index is 15.6. The highest BCUT2D eigenvalue weighted by Crippen LogP contribution is 2.30. The molecule has 0 saturated carbocycles. The Bertz CT molecular complexity index is 1670. The lowest BCUT2D eigenvalue weighted by Crippen LogP contribution is -2.34. The van der Waals surface area contributed by atoms with Gasteiger partial charge < -0.3 is 18.8 Å². The van der Waals surface area contributed by atoms with Crippen LogP contribution in [0, 0.1) is 24.4 Å². The van der Waals surface area contributed by atoms with Gasteiger partial charge in [0.05, 0.1) is 48.6 Å². The lowest BCUT2D eigenvalue weighted by Gasteiger charge is -2.30. The van der Waals surface area contributed by atoms with Crippen molar-refractivity contribution in [1.82, 2.24) is 19.4 Å². The summed E-state index contributed by atoms with van der Waals surface area (Å²) in [6.07, 6.45) is 1.50. The normalized spacial score (nSPS) is 16.8. The van der Waals surface area contributed by atoms with Crippen molar-refractivity contribution in [1.29, 1.82) is 0 Å². The standard InChI is InChI=1S/C30H28ClF3N4O4/c1-16-9-17-5-7-37(13-25(17)36-29(16)42-15-21-22(32)10-18(31)11-23(21)33)14-26-35-24-4-3-20(30(39)40-2)27(34)28(24)38(26)12-19-6-8-41-19/h3-4,9-11,19H,5-8,12-15H2,1-2H3/t19-/m0/s1. The van der Waals surface area contributed by atoms with E-state index < -0.39 is 23.4 Å². The summed E-state index contributed by atoms with van der Waals surface area (Å²) in [5.74, 6) is -2.07. The number of fused-ring (bicyclic) bond motifs is 2. The van der Waals surface area contributed by atoms with Gasteiger partial charge in [0.1, 0.15) is 29.6 Å². The number of aryl methyl sites for hydroxylation is 1. The van der Waals surface area contributed by atoms with Crippen LogP contribution in [0.5, 0.6) is 5.88 Å². The lowest BCUT2D eigenvalue weighted by atomic mass is 10.0. The largest absolute Gasteiger partial charge is 0.472 e. The number of aromatic nitrogens is 3. The van der Waals surface area contributed by atoms with Gasteiger partial charge in [-0.3, -0.25) is 4.90 Å². The number of rotatable bonds is 8. The Morgan fingerprint density at radius 3 is 2.62 bits per heavy atom. The second kappa shape index (κ2) is 11.5. The third-order valence-electron chi connectivity index (χ3n) is 7.74. The van der Waals surface area contributed by atoms with E-state index in [1.807, 2.05) is 13.0 Å². The summed E-state index contributed by atoms with van der Waals surface area (Å²) < 4.78 is 62.1. The summed E-state index contributed by atoms with van der Waals surface area (Å²) in [6, 6.07) is 7.08. The molecule has 220 valence electrons. The molecular formula is C30H28ClF3N4O4. The maximum atomic E-state index is 15.6. The molecule has 0 bridgehead atoms. The Morgan fingerprint density at radius 2 is 1.93 bits per heavy atom. The van der Waals surface area contributed by atoms with E-state index >= 15 is 4.39 Å². The first-order valence-corrected chi connectivity index (χ1v) is 13.9. The summed E-state index contributed by atoms with van der Waals surface area (Å²) in [6.45, 7) is 4.15. The van der Waals surface area contributed by atoms with Gasteiger partial charge in [0.25, 0.3) is 0 Å². The molecule has 42 heavy (non-hydrogen) atoms. The number of benzene rings is 2. The van der Waals surface area contributed by atoms with Crippen molar-refractivity contribution in [2.45, 2.75) is 52.1 Å². The number of pyridine rings is 1. The quantitative estimate of drug-likeness (QED) is 0.246. The highest BCUT2D eigenvalue weighted by atomic mass is 35.5. The molecule has 1 atom stereocenters. The van der Waals surface area contributed by atoms with Crippen molar-refractivity contribution in [3.63, 3.8) is 0 Å². The van der Waals surface area contributed by atoms with Crippen molar-refractivity contribution in [3.8, 4) is 5.88 Å². The highest BCUT2D eigenvalue weighted by Gasteiger charge is 2.28. The Balaban J connectivity index is 1.25. The van der Waals surface area contributed by atoms with E-state index in [9.17, 15) is 13.6 Å². The average Bonchev–Trinajstić information content (AvgIpc) is 3.27. The number of nitrogens with zero attached hydrogens (tertiary/aromatic N) is 4. The minimum atomic E-state index is -0.785. The van der Waals surface area contributed by atoms with Crippen molar-refractivity contribution in [2.24, 2.45) is 0 Å². The van der Waals surface area contributed by atoms with Gasteiger partial charge in [-0.05, 0) is 55.7 Å². The first-order valence-electron chi connectivity index (χ1n) is 13.6. The molecule has 1 saturated heterocycles. The number of ether oxygens (including phenoxy) is 3. The number of halogens is 4. The molecule has 0 aliphatic carbocycles. The summed E-state index contributed by atoms with van der Waals surface area (Å²) in [7, 11) is 1.21. The first-order chi connectivity index (χ1) is 20.2. The molecule has 8 nitrogen and oxygen atoms in total. The Hall–Kier alpha value is -3.67. The van der Waals surface area contributed by atoms with Crippen LogP contribution < -0.4 is 4.74 Å². The van der Waals surface area contributed by atoms with Gasteiger partial charge in [0.15, 0.2) is 5.82 Å². The van der Waals surface area contributed by atoms with Gasteiger partial charge in [-0.1, -0.05) is 11.6 Å². The zero-order valence-corrected chi connectivity index (χ0v) is 23.8. The Labute approximate surface area is 245 Å². The second-order valence-corrected chi connectivity index (χ2v) is 11.0. The monoisotopic (exact) mass is 600 g/mol. The molecule has 0 radical (unpaired) electrons. The van der Waals surface area contributed by atoms with Crippen LogP contribution in [0.3, 0.4) is 0 Å². The number of methoxy groups -OCH3 is 1. The van der Waals surface area contributed by atoms with E-state index in [1.165, 1.54) is 13.2 Å². The van der Waals surface area contributed by atoms with Gasteiger partial charge in [0.2, 0.25) is 5.88 Å². The third-order valence-corrected chi connectivity index (χ3v) is 7.96. The SMILES string of the molecule is COC(=O)c1ccc2nc(CN3CCc4cc(C)c(OCc5c(F)cc(Cl)cc5F)nc4C3)n(C[C@@H]3CCO3)c2c1F. The maximum Gasteiger partial charge on any atom is 0.340 e. The van der Waals surface area contributed by atoms with Crippen LogP contribution in [0.1, 0.15) is 45.0 Å². The molecule has 0 N–H and O–H groups in total. The van der Waals surface area contributed by atoms with E-state index in [0.717, 1.165) is 41.8 Å². The van der Waals surface area contributed by atoms with Gasteiger partial charge in [-0.2, -0.15) is 0 Å². The summed E-state index contributed by atoms with van der Waals surface area (Å²) in [5, 5.41) is -0.0303. The number of carbonyl (C=O) groups excluding carboxylic acids is 1. The van der Waals surface area contributed by atoms with Crippen LogP contribution in [0.15, 0.2) is 30.3 Å². The molecule has 2 aliphatic rings. The number of hydrogen-bond donors (Lipinski definition) is 0. The lowest BCUT2D eigenvalue weighted by molar-refractivity contribution is -0.0592. The zero-order chi connectivity index (χ0) is 29.5. The fraction of sp³-hybridized carbons (Fsp3) is 0.367. The molecule has 1 fully saturated rings. The molecule has 2 aliphatic heterocycles. The van der Waals surface area contributed by atoms with Gasteiger partial charge >= 0.3 is 5.97 Å². The molecule has 0 unspecified atom stereocenters. The van der Waals surface area contributed by atoms with E-state index in [1.54, 1.807) is 10.6 Å². The van der Waals surface area contributed by atoms with Crippen LogP contribution in [0.25, 0.3) is 11.0 Å². The number of imidazole rings is 1. The fourth-order valence-corrected chi connectivity index (χ4v) is 5.58. The van der Waals surface area contributed by atoms with E-state index in [4.69, 9.17) is 35.8 Å². The third kappa shape index (κ3) is 5.44. The summed E-state index contributed by atoms with van der Waals surface area (Å²) >= 11 is 5.73. The van der Waals surface area contributed by atoms with E-state index in [0.29, 0.717) is 44.1 Å². The molecule has 4 heterocycles. The molecule has 4 aromatic rings. The predicted molar refractivity (Wildman–Crippen MR) is 148 cm³/mol. The molecule has 0 amide bonds. The molecule has 0 spiro atoms. The average molecular weight is 601 g/mol. The van der Waals surface area contributed by atoms with Crippen molar-refractivity contribution in [2.75, 3.05) is 20.3 Å². The summed E-state index contributed by atoms with van der Waals surface area (Å²) in [4.78, 5) is 23.7. The molecule has 12 heteroatoms. The van der Waals surface area contributed by atoms with Crippen molar-refractivity contribution in [3.05, 3.63) is 86.6 Å². The minimum Gasteiger partial charge on any atom is -0.472 e. The highest BCUT2D eigenvalue weighted by molar-refractivity contribution is 6.30. The van der Waals surface area contributed by atoms with E-state index in [2.05, 4.69) is 4.90 Å². The molecule has 2 aromatic carbocycles. The Kier molecular flexibility index (Phi) is 7.82. The summed E-state index contributed by atoms with van der Waals surface area (Å²) in [5.41, 5.74) is 2.91. The Morgan fingerprint density at radius 1 is 1.17 bits per heavy atom. The van der Waals surface area contributed by atoms with Crippen LogP contribution in [-0.2, 0) is 42.1 Å². The smallest absolute Gasteiger partial charge is 0.340 e.